The Bertz CT molecular complexity index is 956. The molecule has 132 valence electrons. The molecule has 1 aliphatic heterocycles. The van der Waals surface area contributed by atoms with E-state index in [0.717, 1.165) is 12.8 Å². The Morgan fingerprint density at radius 2 is 1.88 bits per heavy atom. The summed E-state index contributed by atoms with van der Waals surface area (Å²) in [6, 6.07) is 10.7. The van der Waals surface area contributed by atoms with Crippen molar-refractivity contribution < 1.29 is 23.2 Å². The van der Waals surface area contributed by atoms with Crippen molar-refractivity contribution in [1.29, 1.82) is 0 Å². The number of aromatic nitrogens is 1. The molecule has 5 rings (SSSR count). The van der Waals surface area contributed by atoms with E-state index in [4.69, 9.17) is 18.4 Å². The Hall–Kier alpha value is -3.22. The first-order chi connectivity index (χ1) is 12.7. The van der Waals surface area contributed by atoms with E-state index in [0.29, 0.717) is 47.6 Å². The van der Waals surface area contributed by atoms with Crippen molar-refractivity contribution in [3.05, 3.63) is 48.4 Å². The molecule has 3 heterocycles. The van der Waals surface area contributed by atoms with Crippen LogP contribution in [0.2, 0.25) is 0 Å². The lowest BCUT2D eigenvalue weighted by molar-refractivity contribution is -0.118. The van der Waals surface area contributed by atoms with Crippen LogP contribution in [0.1, 0.15) is 18.5 Å². The molecule has 7 nitrogen and oxygen atoms in total. The SMILES string of the molecule is O=C(Nc1ccc2c(c1)OCCO2)C1(c2cc(-c3ccco3)on2)CC1. The standard InChI is InChI=1S/C19H16N2O5/c22-18(20-12-3-4-14-15(10-12)25-9-8-24-14)19(5-6-19)17-11-16(26-21-17)13-2-1-7-23-13/h1-4,7,10-11H,5-6,8-9H2,(H,20,22). The molecular formula is C19H16N2O5. The highest BCUT2D eigenvalue weighted by molar-refractivity contribution is 6.01. The van der Waals surface area contributed by atoms with E-state index >= 15 is 0 Å². The maximum Gasteiger partial charge on any atom is 0.236 e. The minimum absolute atomic E-state index is 0.103. The molecule has 26 heavy (non-hydrogen) atoms. The molecule has 1 N–H and O–H groups in total. The van der Waals surface area contributed by atoms with Crippen LogP contribution in [0.3, 0.4) is 0 Å². The van der Waals surface area contributed by atoms with Gasteiger partial charge in [0.2, 0.25) is 11.7 Å². The molecule has 1 aliphatic carbocycles. The summed E-state index contributed by atoms with van der Waals surface area (Å²) in [6.07, 6.45) is 3.03. The van der Waals surface area contributed by atoms with E-state index in [1.165, 1.54) is 0 Å². The molecule has 0 spiro atoms. The maximum absolute atomic E-state index is 12.9. The van der Waals surface area contributed by atoms with E-state index in [2.05, 4.69) is 10.5 Å². The predicted octanol–water partition coefficient (Wildman–Crippen LogP) is 3.38. The second-order valence-corrected chi connectivity index (χ2v) is 6.45. The normalized spacial score (nSPS) is 16.9. The summed E-state index contributed by atoms with van der Waals surface area (Å²) in [7, 11) is 0. The highest BCUT2D eigenvalue weighted by Crippen LogP contribution is 2.49. The van der Waals surface area contributed by atoms with E-state index in [1.807, 2.05) is 0 Å². The number of carbonyl (C=O) groups is 1. The first-order valence-corrected chi connectivity index (χ1v) is 8.47. The number of nitrogens with one attached hydrogen (secondary N) is 1. The van der Waals surface area contributed by atoms with Gasteiger partial charge in [0.15, 0.2) is 17.3 Å². The summed E-state index contributed by atoms with van der Waals surface area (Å²) in [5.74, 6) is 2.33. The molecule has 0 radical (unpaired) electrons. The van der Waals surface area contributed by atoms with Crippen molar-refractivity contribution in [2.24, 2.45) is 0 Å². The zero-order valence-corrected chi connectivity index (χ0v) is 13.9. The van der Waals surface area contributed by atoms with Crippen LogP contribution in [0.4, 0.5) is 5.69 Å². The third-order valence-electron chi connectivity index (χ3n) is 4.75. The van der Waals surface area contributed by atoms with Crippen molar-refractivity contribution in [1.82, 2.24) is 5.16 Å². The van der Waals surface area contributed by atoms with Gasteiger partial charge in [0.1, 0.15) is 13.2 Å². The predicted molar refractivity (Wildman–Crippen MR) is 91.2 cm³/mol. The van der Waals surface area contributed by atoms with Crippen molar-refractivity contribution in [3.8, 4) is 23.0 Å². The van der Waals surface area contributed by atoms with Crippen molar-refractivity contribution in [2.75, 3.05) is 18.5 Å². The summed E-state index contributed by atoms with van der Waals surface area (Å²) < 4.78 is 21.7. The molecular weight excluding hydrogens is 336 g/mol. The molecule has 2 aliphatic rings. The average molecular weight is 352 g/mol. The summed E-state index contributed by atoms with van der Waals surface area (Å²) in [4.78, 5) is 12.9. The fourth-order valence-electron chi connectivity index (χ4n) is 3.13. The number of rotatable bonds is 4. The Morgan fingerprint density at radius 1 is 1.04 bits per heavy atom. The zero-order chi connectivity index (χ0) is 17.6. The first-order valence-electron chi connectivity index (χ1n) is 8.47. The van der Waals surface area contributed by atoms with Gasteiger partial charge in [-0.2, -0.15) is 0 Å². The third kappa shape index (κ3) is 2.44. The van der Waals surface area contributed by atoms with Crippen LogP contribution in [0.5, 0.6) is 11.5 Å². The highest BCUT2D eigenvalue weighted by atomic mass is 16.6. The number of benzene rings is 1. The number of carbonyl (C=O) groups excluding carboxylic acids is 1. The van der Waals surface area contributed by atoms with Gasteiger partial charge in [-0.25, -0.2) is 0 Å². The van der Waals surface area contributed by atoms with Crippen LogP contribution >= 0.6 is 0 Å². The largest absolute Gasteiger partial charge is 0.486 e. The highest BCUT2D eigenvalue weighted by Gasteiger charge is 2.54. The molecule has 1 fully saturated rings. The van der Waals surface area contributed by atoms with Crippen molar-refractivity contribution in [2.45, 2.75) is 18.3 Å². The van der Waals surface area contributed by atoms with Gasteiger partial charge in [0.05, 0.1) is 17.4 Å². The van der Waals surface area contributed by atoms with Crippen LogP contribution in [0.15, 0.2) is 51.6 Å². The summed E-state index contributed by atoms with van der Waals surface area (Å²) in [5, 5.41) is 7.06. The number of amides is 1. The fourth-order valence-corrected chi connectivity index (χ4v) is 3.13. The minimum Gasteiger partial charge on any atom is -0.486 e. The molecule has 2 aromatic heterocycles. The number of nitrogens with zero attached hydrogens (tertiary/aromatic N) is 1. The van der Waals surface area contributed by atoms with E-state index < -0.39 is 5.41 Å². The monoisotopic (exact) mass is 352 g/mol. The number of anilines is 1. The van der Waals surface area contributed by atoms with Crippen molar-refractivity contribution >= 4 is 11.6 Å². The Morgan fingerprint density at radius 3 is 2.65 bits per heavy atom. The molecule has 0 atom stereocenters. The third-order valence-corrected chi connectivity index (χ3v) is 4.75. The Kier molecular flexibility index (Phi) is 3.28. The van der Waals surface area contributed by atoms with Crippen LogP contribution in [0.25, 0.3) is 11.5 Å². The van der Waals surface area contributed by atoms with Gasteiger partial charge < -0.3 is 23.7 Å². The van der Waals surface area contributed by atoms with Gasteiger partial charge in [-0.05, 0) is 37.1 Å². The molecule has 1 aromatic carbocycles. The molecule has 7 heteroatoms. The van der Waals surface area contributed by atoms with Gasteiger partial charge in [-0.1, -0.05) is 5.16 Å². The average Bonchev–Trinajstić information content (AvgIpc) is 3.08. The topological polar surface area (TPSA) is 86.7 Å². The minimum atomic E-state index is -0.651. The second-order valence-electron chi connectivity index (χ2n) is 6.45. The van der Waals surface area contributed by atoms with Crippen molar-refractivity contribution in [3.63, 3.8) is 0 Å². The zero-order valence-electron chi connectivity index (χ0n) is 13.9. The van der Waals surface area contributed by atoms with Crippen LogP contribution in [0, 0.1) is 0 Å². The van der Waals surface area contributed by atoms with Gasteiger partial charge >= 0.3 is 0 Å². The van der Waals surface area contributed by atoms with Crippen LogP contribution < -0.4 is 14.8 Å². The quantitative estimate of drug-likeness (QED) is 0.775. The number of hydrogen-bond acceptors (Lipinski definition) is 6. The second kappa shape index (κ2) is 5.66. The van der Waals surface area contributed by atoms with Gasteiger partial charge in [0, 0.05) is 17.8 Å². The Balaban J connectivity index is 1.37. The number of hydrogen-bond donors (Lipinski definition) is 1. The molecule has 3 aromatic rings. The van der Waals surface area contributed by atoms with E-state index in [1.54, 1.807) is 42.7 Å². The summed E-state index contributed by atoms with van der Waals surface area (Å²) in [5.41, 5.74) is 0.640. The van der Waals surface area contributed by atoms with E-state index in [-0.39, 0.29) is 5.91 Å². The lowest BCUT2D eigenvalue weighted by Gasteiger charge is -2.19. The molecule has 0 bridgehead atoms. The lowest BCUT2D eigenvalue weighted by Crippen LogP contribution is -2.28. The Labute approximate surface area is 148 Å². The van der Waals surface area contributed by atoms with Gasteiger partial charge in [-0.3, -0.25) is 4.79 Å². The summed E-state index contributed by atoms with van der Waals surface area (Å²) in [6.45, 7) is 1.04. The van der Waals surface area contributed by atoms with Gasteiger partial charge in [0.25, 0.3) is 0 Å². The maximum atomic E-state index is 12.9. The first kappa shape index (κ1) is 15.1. The fraction of sp³-hybridized carbons (Fsp3) is 0.263. The lowest BCUT2D eigenvalue weighted by atomic mass is 10.0. The molecule has 1 amide bonds. The van der Waals surface area contributed by atoms with Gasteiger partial charge in [-0.15, -0.1) is 0 Å². The number of furan rings is 1. The van der Waals surface area contributed by atoms with Crippen LogP contribution in [-0.4, -0.2) is 24.3 Å². The smallest absolute Gasteiger partial charge is 0.236 e. The van der Waals surface area contributed by atoms with Crippen LogP contribution in [-0.2, 0) is 10.2 Å². The van der Waals surface area contributed by atoms with E-state index in [9.17, 15) is 4.79 Å². The number of ether oxygens (including phenoxy) is 2. The molecule has 0 unspecified atom stereocenters. The number of fused-ring (bicyclic) bond motifs is 1. The molecule has 1 saturated carbocycles. The molecule has 0 saturated heterocycles. The summed E-state index contributed by atoms with van der Waals surface area (Å²) >= 11 is 0.